The topological polar surface area (TPSA) is 99.8 Å². The second kappa shape index (κ2) is 9.41. The number of furan rings is 1. The molecule has 0 saturated heterocycles. The highest BCUT2D eigenvalue weighted by Crippen LogP contribution is 2.30. The third kappa shape index (κ3) is 5.13. The molecule has 0 unspecified atom stereocenters. The van der Waals surface area contributed by atoms with Crippen molar-refractivity contribution >= 4 is 35.9 Å². The Balaban J connectivity index is 0.00000280. The summed E-state index contributed by atoms with van der Waals surface area (Å²) in [4.78, 5) is 22.0. The van der Waals surface area contributed by atoms with Gasteiger partial charge in [-0.3, -0.25) is 0 Å². The van der Waals surface area contributed by atoms with Gasteiger partial charge in [0, 0.05) is 12.1 Å². The first-order chi connectivity index (χ1) is 12.9. The lowest BCUT2D eigenvalue weighted by Gasteiger charge is -2.05. The Kier molecular flexibility index (Phi) is 7.23. The normalized spacial score (nSPS) is 10.3. The second-order valence-electron chi connectivity index (χ2n) is 5.87. The summed E-state index contributed by atoms with van der Waals surface area (Å²) in [6, 6.07) is 14.6. The molecule has 146 valence electrons. The van der Waals surface area contributed by atoms with E-state index >= 15 is 0 Å². The summed E-state index contributed by atoms with van der Waals surface area (Å²) in [5.41, 5.74) is 1.85. The summed E-state index contributed by atoms with van der Waals surface area (Å²) in [5, 5.41) is 21.6. The maximum Gasteiger partial charge on any atom is 0.335 e. The van der Waals surface area contributed by atoms with Crippen LogP contribution < -0.4 is 5.32 Å². The Hall–Kier alpha value is -2.80. The highest BCUT2D eigenvalue weighted by atomic mass is 35.5. The molecule has 0 atom stereocenters. The molecule has 2 aromatic carbocycles. The molecule has 0 aliphatic rings. The van der Waals surface area contributed by atoms with Crippen molar-refractivity contribution in [2.45, 2.75) is 13.1 Å². The van der Waals surface area contributed by atoms with Gasteiger partial charge in [-0.2, -0.15) is 0 Å². The quantitative estimate of drug-likeness (QED) is 0.510. The summed E-state index contributed by atoms with van der Waals surface area (Å²) in [6.07, 6.45) is 0. The van der Waals surface area contributed by atoms with E-state index in [-0.39, 0.29) is 23.5 Å². The number of nitrogens with one attached hydrogen (secondary N) is 1. The highest BCUT2D eigenvalue weighted by molar-refractivity contribution is 6.33. The van der Waals surface area contributed by atoms with E-state index in [9.17, 15) is 9.59 Å². The number of carboxylic acids is 2. The lowest BCUT2D eigenvalue weighted by Crippen LogP contribution is -2.12. The molecule has 0 bridgehead atoms. The zero-order valence-electron chi connectivity index (χ0n) is 14.5. The number of hydrogen-bond donors (Lipinski definition) is 3. The van der Waals surface area contributed by atoms with E-state index in [2.05, 4.69) is 5.32 Å². The molecule has 3 aromatic rings. The minimum absolute atomic E-state index is 0. The van der Waals surface area contributed by atoms with Crippen LogP contribution >= 0.6 is 24.0 Å². The number of rotatable bonds is 7. The third-order valence-corrected chi connectivity index (χ3v) is 4.30. The van der Waals surface area contributed by atoms with Gasteiger partial charge in [0.15, 0.2) is 0 Å². The van der Waals surface area contributed by atoms with Gasteiger partial charge in [0.1, 0.15) is 11.5 Å². The van der Waals surface area contributed by atoms with Crippen molar-refractivity contribution in [1.82, 2.24) is 5.32 Å². The lowest BCUT2D eigenvalue weighted by molar-refractivity contribution is 0.0686. The first-order valence-corrected chi connectivity index (χ1v) is 8.46. The van der Waals surface area contributed by atoms with E-state index in [1.165, 1.54) is 18.2 Å². The Morgan fingerprint density at radius 2 is 1.54 bits per heavy atom. The smallest absolute Gasteiger partial charge is 0.335 e. The molecule has 0 aliphatic carbocycles. The van der Waals surface area contributed by atoms with Crippen molar-refractivity contribution in [3.05, 3.63) is 82.1 Å². The average molecular weight is 422 g/mol. The number of halogens is 2. The molecule has 6 nitrogen and oxygen atoms in total. The van der Waals surface area contributed by atoms with Crippen molar-refractivity contribution in [3.8, 4) is 11.3 Å². The van der Waals surface area contributed by atoms with E-state index in [1.54, 1.807) is 36.4 Å². The molecule has 0 aliphatic heterocycles. The van der Waals surface area contributed by atoms with E-state index in [4.69, 9.17) is 26.2 Å². The van der Waals surface area contributed by atoms with Crippen LogP contribution in [0.15, 0.2) is 59.0 Å². The van der Waals surface area contributed by atoms with Crippen LogP contribution in [0.2, 0.25) is 5.02 Å². The SMILES string of the molecule is Cl.O=C(O)c1ccc(CNCc2ccc(-c3cc(C(=O)O)ccc3Cl)o2)cc1. The number of benzene rings is 2. The zero-order valence-corrected chi connectivity index (χ0v) is 16.1. The van der Waals surface area contributed by atoms with Gasteiger partial charge in [-0.05, 0) is 48.0 Å². The summed E-state index contributed by atoms with van der Waals surface area (Å²) >= 11 is 6.15. The molecule has 28 heavy (non-hydrogen) atoms. The van der Waals surface area contributed by atoms with E-state index in [0.29, 0.717) is 35.2 Å². The molecule has 0 spiro atoms. The van der Waals surface area contributed by atoms with Gasteiger partial charge >= 0.3 is 11.9 Å². The maximum atomic E-state index is 11.1. The minimum atomic E-state index is -1.03. The third-order valence-electron chi connectivity index (χ3n) is 3.97. The molecule has 3 rings (SSSR count). The Morgan fingerprint density at radius 1 is 0.893 bits per heavy atom. The molecular weight excluding hydrogens is 405 g/mol. The van der Waals surface area contributed by atoms with Crippen LogP contribution in [0, 0.1) is 0 Å². The molecule has 8 heteroatoms. The van der Waals surface area contributed by atoms with E-state index in [1.807, 2.05) is 0 Å². The monoisotopic (exact) mass is 421 g/mol. The number of aromatic carboxylic acids is 2. The zero-order chi connectivity index (χ0) is 19.4. The Morgan fingerprint density at radius 3 is 2.18 bits per heavy atom. The van der Waals surface area contributed by atoms with E-state index < -0.39 is 11.9 Å². The molecule has 1 aromatic heterocycles. The fourth-order valence-corrected chi connectivity index (χ4v) is 2.77. The first kappa shape index (κ1) is 21.5. The van der Waals surface area contributed by atoms with Gasteiger partial charge < -0.3 is 19.9 Å². The van der Waals surface area contributed by atoms with Gasteiger partial charge in [-0.25, -0.2) is 9.59 Å². The first-order valence-electron chi connectivity index (χ1n) is 8.09. The Labute approximate surface area is 172 Å². The van der Waals surface area contributed by atoms with E-state index in [0.717, 1.165) is 5.56 Å². The molecular formula is C20H17Cl2NO5. The van der Waals surface area contributed by atoms with Crippen molar-refractivity contribution in [3.63, 3.8) is 0 Å². The second-order valence-corrected chi connectivity index (χ2v) is 6.28. The van der Waals surface area contributed by atoms with Crippen molar-refractivity contribution < 1.29 is 24.2 Å². The molecule has 0 saturated carbocycles. The fraction of sp³-hybridized carbons (Fsp3) is 0.100. The maximum absolute atomic E-state index is 11.1. The standard InChI is InChI=1S/C20H16ClNO5.ClH/c21-17-7-5-14(20(25)26)9-16(17)18-8-6-15(27-18)11-22-10-12-1-3-13(4-2-12)19(23)24;/h1-9,22H,10-11H2,(H,23,24)(H,25,26);1H. The van der Waals surface area contributed by atoms with Crippen molar-refractivity contribution in [2.24, 2.45) is 0 Å². The van der Waals surface area contributed by atoms with Crippen LogP contribution in [0.25, 0.3) is 11.3 Å². The van der Waals surface area contributed by atoms with Crippen LogP contribution in [0.3, 0.4) is 0 Å². The molecule has 0 radical (unpaired) electrons. The van der Waals surface area contributed by atoms with Crippen molar-refractivity contribution in [1.29, 1.82) is 0 Å². The van der Waals surface area contributed by atoms with Crippen LogP contribution in [-0.4, -0.2) is 22.2 Å². The number of carboxylic acid groups (broad SMARTS) is 2. The summed E-state index contributed by atoms with van der Waals surface area (Å²) < 4.78 is 5.76. The lowest BCUT2D eigenvalue weighted by atomic mass is 10.1. The predicted molar refractivity (Wildman–Crippen MR) is 107 cm³/mol. The van der Waals surface area contributed by atoms with Crippen LogP contribution in [0.1, 0.15) is 32.0 Å². The summed E-state index contributed by atoms with van der Waals surface area (Å²) in [7, 11) is 0. The molecule has 3 N–H and O–H groups in total. The van der Waals surface area contributed by atoms with Gasteiger partial charge in [0.2, 0.25) is 0 Å². The van der Waals surface area contributed by atoms with Crippen LogP contribution in [0.4, 0.5) is 0 Å². The fourth-order valence-electron chi connectivity index (χ4n) is 2.56. The summed E-state index contributed by atoms with van der Waals surface area (Å²) in [6.45, 7) is 1.00. The number of carbonyl (C=O) groups is 2. The molecule has 1 heterocycles. The highest BCUT2D eigenvalue weighted by Gasteiger charge is 2.12. The van der Waals surface area contributed by atoms with Gasteiger partial charge in [-0.15, -0.1) is 12.4 Å². The van der Waals surface area contributed by atoms with Gasteiger partial charge in [0.25, 0.3) is 0 Å². The van der Waals surface area contributed by atoms with Gasteiger partial charge in [0.05, 0.1) is 22.7 Å². The van der Waals surface area contributed by atoms with Crippen LogP contribution in [-0.2, 0) is 13.1 Å². The van der Waals surface area contributed by atoms with Crippen molar-refractivity contribution in [2.75, 3.05) is 0 Å². The average Bonchev–Trinajstić information content (AvgIpc) is 3.11. The van der Waals surface area contributed by atoms with Gasteiger partial charge in [-0.1, -0.05) is 23.7 Å². The Bertz CT molecular complexity index is 983. The number of hydrogen-bond acceptors (Lipinski definition) is 4. The van der Waals surface area contributed by atoms with Crippen LogP contribution in [0.5, 0.6) is 0 Å². The molecule has 0 amide bonds. The predicted octanol–water partition coefficient (Wildman–Crippen LogP) is 4.71. The largest absolute Gasteiger partial charge is 0.478 e. The molecule has 0 fully saturated rings. The minimum Gasteiger partial charge on any atom is -0.478 e. The summed E-state index contributed by atoms with van der Waals surface area (Å²) in [5.74, 6) is -0.826.